The Labute approximate surface area is 192 Å². The number of rotatable bonds is 3. The van der Waals surface area contributed by atoms with Crippen LogP contribution in [0.15, 0.2) is 34.3 Å². The van der Waals surface area contributed by atoms with E-state index in [1.165, 1.54) is 11.8 Å². The zero-order valence-corrected chi connectivity index (χ0v) is 18.8. The van der Waals surface area contributed by atoms with E-state index in [-0.39, 0.29) is 36.7 Å². The van der Waals surface area contributed by atoms with Crippen molar-refractivity contribution in [3.05, 3.63) is 68.7 Å². The summed E-state index contributed by atoms with van der Waals surface area (Å²) in [4.78, 5) is 22.0. The fourth-order valence-electron chi connectivity index (χ4n) is 4.57. The number of halogens is 3. The Morgan fingerprint density at radius 2 is 2.00 bits per heavy atom. The number of carbonyl (C=O) groups is 1. The van der Waals surface area contributed by atoms with E-state index in [9.17, 15) is 18.0 Å². The third-order valence-corrected chi connectivity index (χ3v) is 7.47. The Bertz CT molecular complexity index is 1260. The molecule has 0 bridgehead atoms. The van der Waals surface area contributed by atoms with Crippen molar-refractivity contribution >= 4 is 29.3 Å². The fraction of sp³-hybridized carbons (Fsp3) is 0.348. The topological polar surface area (TPSA) is 90.1 Å². The minimum Gasteiger partial charge on any atom is -0.383 e. The molecule has 2 aromatic rings. The second-order valence-electron chi connectivity index (χ2n) is 8.87. The number of fused-ring (bicyclic) bond motifs is 2. The fourth-order valence-corrected chi connectivity index (χ4v) is 5.98. The van der Waals surface area contributed by atoms with Crippen molar-refractivity contribution in [3.63, 3.8) is 0 Å². The quantitative estimate of drug-likeness (QED) is 0.644. The number of carbonyl (C=O) groups excluding carboxylic acids is 1. The van der Waals surface area contributed by atoms with Crippen LogP contribution in [0.25, 0.3) is 0 Å². The molecular weight excluding hydrogens is 453 g/mol. The number of benzene rings is 1. The summed E-state index contributed by atoms with van der Waals surface area (Å²) in [7, 11) is 0. The summed E-state index contributed by atoms with van der Waals surface area (Å²) < 4.78 is 47.9. The lowest BCUT2D eigenvalue weighted by Gasteiger charge is -2.32. The number of amides is 1. The van der Waals surface area contributed by atoms with Gasteiger partial charge >= 0.3 is 0 Å². The normalized spacial score (nSPS) is 21.4. The van der Waals surface area contributed by atoms with Crippen molar-refractivity contribution in [2.45, 2.75) is 37.4 Å². The first-order valence-corrected chi connectivity index (χ1v) is 11.3. The van der Waals surface area contributed by atoms with Crippen molar-refractivity contribution in [1.29, 1.82) is 0 Å². The van der Waals surface area contributed by atoms with Crippen LogP contribution < -0.4 is 11.1 Å². The van der Waals surface area contributed by atoms with Crippen LogP contribution in [0.4, 0.5) is 24.8 Å². The molecule has 33 heavy (non-hydrogen) atoms. The molecule has 3 N–H and O–H groups in total. The Hall–Kier alpha value is -2.85. The zero-order chi connectivity index (χ0) is 23.5. The average Bonchev–Trinajstić information content (AvgIpc) is 3.11. The van der Waals surface area contributed by atoms with E-state index in [4.69, 9.17) is 10.5 Å². The Morgan fingerprint density at radius 1 is 1.24 bits per heavy atom. The lowest BCUT2D eigenvalue weighted by Crippen LogP contribution is -2.35. The molecule has 0 aliphatic carbocycles. The molecule has 5 rings (SSSR count). The minimum atomic E-state index is -1.20. The number of nitrogens with zero attached hydrogens (tertiary/aromatic N) is 2. The summed E-state index contributed by atoms with van der Waals surface area (Å²) in [6, 6.07) is 1.69. The molecule has 3 aliphatic heterocycles. The van der Waals surface area contributed by atoms with E-state index in [0.717, 1.165) is 23.3 Å². The van der Waals surface area contributed by atoms with E-state index in [0.29, 0.717) is 28.7 Å². The van der Waals surface area contributed by atoms with Crippen molar-refractivity contribution in [3.8, 4) is 0 Å². The largest absolute Gasteiger partial charge is 0.383 e. The molecule has 1 amide bonds. The maximum Gasteiger partial charge on any atom is 0.226 e. The maximum atomic E-state index is 14.3. The van der Waals surface area contributed by atoms with Crippen LogP contribution in [0, 0.1) is 17.5 Å². The van der Waals surface area contributed by atoms with Crippen molar-refractivity contribution in [2.24, 2.45) is 0 Å². The van der Waals surface area contributed by atoms with Crippen LogP contribution in [0.5, 0.6) is 0 Å². The number of nitrogens with two attached hydrogens (primary N) is 1. The summed E-state index contributed by atoms with van der Waals surface area (Å²) in [5.74, 6) is -2.22. The van der Waals surface area contributed by atoms with Gasteiger partial charge in [-0.15, -0.1) is 11.8 Å². The standard InChI is InChI=1S/C23H21F3N4O2S/c1-23(2)8-16(31)28-21-17(23)20(27)29-22(30-21)19-10-5-6-32-9-12(10)15(33-19)7-11-13(24)3-4-14(25)18(11)26/h3-5,19H,6-9H2,1-2H3,(H3,27,28,29,30,31). The molecule has 4 heterocycles. The average molecular weight is 475 g/mol. The summed E-state index contributed by atoms with van der Waals surface area (Å²) in [5.41, 5.74) is 7.80. The lowest BCUT2D eigenvalue weighted by molar-refractivity contribution is -0.117. The maximum absolute atomic E-state index is 14.3. The molecule has 1 atom stereocenters. The van der Waals surface area contributed by atoms with Crippen LogP contribution in [0.1, 0.15) is 42.5 Å². The summed E-state index contributed by atoms with van der Waals surface area (Å²) in [5, 5.41) is 2.39. The molecule has 0 saturated heterocycles. The number of hydrogen-bond acceptors (Lipinski definition) is 6. The molecule has 1 aromatic heterocycles. The van der Waals surface area contributed by atoms with E-state index >= 15 is 0 Å². The molecule has 1 aromatic carbocycles. The Morgan fingerprint density at radius 3 is 2.79 bits per heavy atom. The van der Waals surface area contributed by atoms with Crippen LogP contribution >= 0.6 is 11.8 Å². The van der Waals surface area contributed by atoms with Crippen LogP contribution in [0.2, 0.25) is 0 Å². The lowest BCUT2D eigenvalue weighted by atomic mass is 9.79. The van der Waals surface area contributed by atoms with Crippen molar-refractivity contribution < 1.29 is 22.7 Å². The first kappa shape index (κ1) is 22.0. The second kappa shape index (κ2) is 7.88. The number of nitrogens with one attached hydrogen (secondary N) is 1. The summed E-state index contributed by atoms with van der Waals surface area (Å²) in [6.45, 7) is 4.45. The van der Waals surface area contributed by atoms with Gasteiger partial charge in [0.2, 0.25) is 5.91 Å². The summed E-state index contributed by atoms with van der Waals surface area (Å²) in [6.07, 6.45) is 2.02. The van der Waals surface area contributed by atoms with Crippen molar-refractivity contribution in [1.82, 2.24) is 9.97 Å². The van der Waals surface area contributed by atoms with E-state index in [1.807, 2.05) is 19.9 Å². The van der Waals surface area contributed by atoms with Gasteiger partial charge in [-0.05, 0) is 28.2 Å². The summed E-state index contributed by atoms with van der Waals surface area (Å²) >= 11 is 1.33. The van der Waals surface area contributed by atoms with Gasteiger partial charge in [-0.25, -0.2) is 23.1 Å². The monoisotopic (exact) mass is 474 g/mol. The third-order valence-electron chi connectivity index (χ3n) is 6.10. The highest BCUT2D eigenvalue weighted by Crippen LogP contribution is 2.53. The Balaban J connectivity index is 1.54. The van der Waals surface area contributed by atoms with Gasteiger partial charge in [0.1, 0.15) is 17.5 Å². The number of allylic oxidation sites excluding steroid dienone is 1. The highest BCUT2D eigenvalue weighted by Gasteiger charge is 2.39. The van der Waals surface area contributed by atoms with E-state index in [1.54, 1.807) is 0 Å². The smallest absolute Gasteiger partial charge is 0.226 e. The number of anilines is 2. The molecule has 0 spiro atoms. The zero-order valence-electron chi connectivity index (χ0n) is 18.0. The highest BCUT2D eigenvalue weighted by atomic mass is 32.2. The minimum absolute atomic E-state index is 0.128. The predicted octanol–water partition coefficient (Wildman–Crippen LogP) is 4.34. The highest BCUT2D eigenvalue weighted by molar-refractivity contribution is 8.03. The van der Waals surface area contributed by atoms with Gasteiger partial charge in [0.25, 0.3) is 0 Å². The molecule has 3 aliphatic rings. The van der Waals surface area contributed by atoms with Gasteiger partial charge in [-0.1, -0.05) is 19.9 Å². The number of nitrogen functional groups attached to an aromatic ring is 1. The van der Waals surface area contributed by atoms with Gasteiger partial charge in [-0.3, -0.25) is 4.79 Å². The van der Waals surface area contributed by atoms with Gasteiger partial charge in [0.15, 0.2) is 17.5 Å². The van der Waals surface area contributed by atoms with Gasteiger partial charge < -0.3 is 15.8 Å². The predicted molar refractivity (Wildman–Crippen MR) is 119 cm³/mol. The number of aromatic nitrogens is 2. The first-order chi connectivity index (χ1) is 15.7. The SMILES string of the molecule is CC1(C)CC(=O)Nc2nc(C3SC(Cc4c(F)ccc(F)c4F)=C4COCC=C43)nc(N)c21. The molecular formula is C23H21F3N4O2S. The number of hydrogen-bond donors (Lipinski definition) is 2. The molecule has 6 nitrogen and oxygen atoms in total. The number of thioether (sulfide) groups is 1. The van der Waals surface area contributed by atoms with Crippen LogP contribution in [-0.2, 0) is 21.4 Å². The Kier molecular flexibility index (Phi) is 5.24. The molecule has 0 fully saturated rings. The van der Waals surface area contributed by atoms with Gasteiger partial charge in [0.05, 0.1) is 18.5 Å². The number of ether oxygens (including phenoxy) is 1. The molecule has 0 radical (unpaired) electrons. The molecule has 10 heteroatoms. The van der Waals surface area contributed by atoms with Crippen molar-refractivity contribution in [2.75, 3.05) is 24.3 Å². The van der Waals surface area contributed by atoms with E-state index < -0.39 is 28.1 Å². The second-order valence-corrected chi connectivity index (χ2v) is 10.1. The van der Waals surface area contributed by atoms with Gasteiger partial charge in [0, 0.05) is 29.4 Å². The van der Waals surface area contributed by atoms with Crippen LogP contribution in [0.3, 0.4) is 0 Å². The third kappa shape index (κ3) is 3.71. The van der Waals surface area contributed by atoms with Gasteiger partial charge in [-0.2, -0.15) is 0 Å². The molecule has 1 unspecified atom stereocenters. The van der Waals surface area contributed by atoms with Crippen LogP contribution in [-0.4, -0.2) is 29.1 Å². The molecule has 172 valence electrons. The molecule has 0 saturated carbocycles. The first-order valence-electron chi connectivity index (χ1n) is 10.4. The van der Waals surface area contributed by atoms with E-state index in [2.05, 4.69) is 15.3 Å².